The molecule has 0 saturated heterocycles. The quantitative estimate of drug-likeness (QED) is 0.0399. The van der Waals surface area contributed by atoms with Crippen LogP contribution >= 0.6 is 0 Å². The van der Waals surface area contributed by atoms with Crippen molar-refractivity contribution in [3.05, 3.63) is 99.7 Å². The lowest BCUT2D eigenvalue weighted by Crippen LogP contribution is -2.35. The number of hydrogen-bond acceptors (Lipinski definition) is 19. The second-order valence-electron chi connectivity index (χ2n) is 21.1. The molecular weight excluding hydrogens is 1090 g/mol. The van der Waals surface area contributed by atoms with Crippen LogP contribution in [0.3, 0.4) is 0 Å². The van der Waals surface area contributed by atoms with Crippen molar-refractivity contribution in [2.45, 2.75) is 111 Å². The van der Waals surface area contributed by atoms with Gasteiger partial charge in [0, 0.05) is 107 Å². The molecule has 84 heavy (non-hydrogen) atoms. The molecule has 0 radical (unpaired) electrons. The summed E-state index contributed by atoms with van der Waals surface area (Å²) in [5, 5.41) is 55.2. The van der Waals surface area contributed by atoms with Gasteiger partial charge in [-0.3, -0.25) is 29.1 Å². The molecule has 2 aliphatic heterocycles. The second kappa shape index (κ2) is 32.1. The Balaban J connectivity index is 1.67. The minimum atomic E-state index is -1.06. The molecule has 0 aromatic heterocycles. The molecule has 0 unspecified atom stereocenters. The number of ketones is 2. The first kappa shape index (κ1) is 68.4. The number of primary amides is 2. The van der Waals surface area contributed by atoms with Crippen molar-refractivity contribution in [3.63, 3.8) is 0 Å². The molecule has 11 N–H and O–H groups in total. The Kier molecular flexibility index (Phi) is 26.1. The third-order valence-electron chi connectivity index (χ3n) is 14.3. The Morgan fingerprint density at radius 3 is 1.69 bits per heavy atom. The van der Waals surface area contributed by atoms with Gasteiger partial charge < -0.3 is 76.3 Å². The molecule has 9 atom stereocenters. The van der Waals surface area contributed by atoms with Gasteiger partial charge in [-0.05, 0) is 77.6 Å². The largest absolute Gasteiger partial charge is 0.506 e. The lowest BCUT2D eigenvalue weighted by molar-refractivity contribution is -0.132. The van der Waals surface area contributed by atoms with E-state index in [1.54, 1.807) is 72.0 Å². The highest BCUT2D eigenvalue weighted by Crippen LogP contribution is 2.45. The number of nitrogens with zero attached hydrogens (tertiary/aromatic N) is 2. The summed E-state index contributed by atoms with van der Waals surface area (Å²) in [4.78, 5) is 85.3. The zero-order valence-corrected chi connectivity index (χ0v) is 50.1. The number of aliphatic imine (C=N–C) groups is 1. The molecule has 23 heteroatoms. The Morgan fingerprint density at radius 2 is 1.20 bits per heavy atom. The van der Waals surface area contributed by atoms with Crippen molar-refractivity contribution < 1.29 is 77.6 Å². The summed E-state index contributed by atoms with van der Waals surface area (Å²) in [7, 11) is 7.38. The summed E-state index contributed by atoms with van der Waals surface area (Å²) in [5.41, 5.74) is 12.9. The second-order valence-corrected chi connectivity index (χ2v) is 21.1. The molecule has 2 aromatic rings. The Labute approximate surface area is 490 Å². The number of benzene rings is 2. The van der Waals surface area contributed by atoms with Gasteiger partial charge in [-0.25, -0.2) is 9.59 Å². The smallest absolute Gasteiger partial charge is 0.405 e. The molecule has 4 amide bonds. The van der Waals surface area contributed by atoms with Gasteiger partial charge in [-0.1, -0.05) is 75.0 Å². The number of amides is 4. The van der Waals surface area contributed by atoms with Gasteiger partial charge in [-0.2, -0.15) is 0 Å². The van der Waals surface area contributed by atoms with Crippen molar-refractivity contribution in [2.75, 3.05) is 71.1 Å². The molecule has 458 valence electrons. The number of fused-ring (bicyclic) bond motifs is 4. The molecule has 2 heterocycles. The van der Waals surface area contributed by atoms with E-state index in [1.807, 2.05) is 11.8 Å². The number of aromatic hydroxyl groups is 4. The molecular formula is C61H83N7O16. The number of phenolic OH excluding ortho intramolecular Hbond substituents is 4. The number of phenols is 4. The average molecular weight is 1170 g/mol. The summed E-state index contributed by atoms with van der Waals surface area (Å²) in [6.07, 6.45) is 7.93. The monoisotopic (exact) mass is 1170 g/mol. The van der Waals surface area contributed by atoms with Crippen LogP contribution < -0.4 is 27.4 Å². The van der Waals surface area contributed by atoms with E-state index in [2.05, 4.69) is 20.9 Å². The van der Waals surface area contributed by atoms with Crippen LogP contribution in [-0.4, -0.2) is 159 Å². The molecule has 0 fully saturated rings. The zero-order valence-electron chi connectivity index (χ0n) is 50.1. The van der Waals surface area contributed by atoms with Crippen LogP contribution in [-0.2, 0) is 54.0 Å². The fourth-order valence-corrected chi connectivity index (χ4v) is 9.63. The highest BCUT2D eigenvalue weighted by Gasteiger charge is 2.32. The maximum atomic E-state index is 13.9. The maximum Gasteiger partial charge on any atom is 0.405 e. The third kappa shape index (κ3) is 19.0. The number of hydrogen-bond donors (Lipinski definition) is 9. The number of allylic oxidation sites excluding steroid dienone is 6. The number of ether oxygens (including phenoxy) is 6. The Hall–Kier alpha value is -8.09. The summed E-state index contributed by atoms with van der Waals surface area (Å²) in [6.45, 7) is 14.0. The van der Waals surface area contributed by atoms with Gasteiger partial charge in [0.05, 0.1) is 17.1 Å². The number of carbonyl (C=O) groups is 6. The first-order valence-electron chi connectivity index (χ1n) is 27.2. The zero-order chi connectivity index (χ0) is 62.7. The minimum Gasteiger partial charge on any atom is -0.506 e. The van der Waals surface area contributed by atoms with Gasteiger partial charge in [0.2, 0.25) is 0 Å². The van der Waals surface area contributed by atoms with Crippen molar-refractivity contribution in [2.24, 2.45) is 34.2 Å². The van der Waals surface area contributed by atoms with E-state index < -0.39 is 72.5 Å². The Morgan fingerprint density at radius 1 is 0.714 bits per heavy atom. The number of carbonyl (C=O) groups excluding carboxylic acids is 6. The van der Waals surface area contributed by atoms with E-state index in [4.69, 9.17) is 39.9 Å². The number of methoxy groups -OCH3 is 4. The predicted molar refractivity (Wildman–Crippen MR) is 320 cm³/mol. The summed E-state index contributed by atoms with van der Waals surface area (Å²) in [6, 6.07) is 2.38. The van der Waals surface area contributed by atoms with Gasteiger partial charge in [-0.15, -0.1) is 0 Å². The van der Waals surface area contributed by atoms with E-state index >= 15 is 0 Å². The minimum absolute atomic E-state index is 0.0187. The van der Waals surface area contributed by atoms with Crippen molar-refractivity contribution >= 4 is 70.6 Å². The van der Waals surface area contributed by atoms with Crippen LogP contribution in [0, 0.1) is 17.8 Å². The fraction of sp³-hybridized carbons (Fsp3) is 0.459. The predicted octanol–water partition coefficient (Wildman–Crippen LogP) is 7.82. The first-order chi connectivity index (χ1) is 39.6. The van der Waals surface area contributed by atoms with Crippen LogP contribution in [0.5, 0.6) is 23.0 Å². The lowest BCUT2D eigenvalue weighted by Gasteiger charge is -2.25. The van der Waals surface area contributed by atoms with Crippen LogP contribution in [0.1, 0.15) is 79.4 Å². The molecule has 0 spiro atoms. The molecule has 2 aromatic carbocycles. The highest BCUT2D eigenvalue weighted by molar-refractivity contribution is 6.06. The van der Waals surface area contributed by atoms with Crippen molar-refractivity contribution in [1.82, 2.24) is 4.90 Å². The number of likely N-dealkylation sites (N-methyl/N-ethyl adjacent to an activating group) is 1. The lowest BCUT2D eigenvalue weighted by atomic mass is 9.88. The normalized spacial score (nSPS) is 23.9. The molecule has 4 rings (SSSR count). The van der Waals surface area contributed by atoms with Crippen LogP contribution in [0.25, 0.3) is 6.08 Å². The fourth-order valence-electron chi connectivity index (χ4n) is 9.63. The van der Waals surface area contributed by atoms with Crippen LogP contribution in [0.2, 0.25) is 0 Å². The van der Waals surface area contributed by atoms with E-state index in [1.165, 1.54) is 84.9 Å². The number of nitrogens with one attached hydrogen (secondary N) is 3. The van der Waals surface area contributed by atoms with Crippen LogP contribution in [0.4, 0.5) is 32.3 Å². The van der Waals surface area contributed by atoms with E-state index in [0.717, 1.165) is 0 Å². The number of nitrogens with two attached hydrogens (primary N) is 2. The number of Topliss-reactive ketones (excluding diaryl/α,β-unsaturated/α-hetero) is 2. The topological polar surface area (TPSA) is 342 Å². The molecule has 0 aliphatic carbocycles. The molecule has 2 aliphatic rings. The molecule has 0 saturated carbocycles. The van der Waals surface area contributed by atoms with E-state index in [-0.39, 0.29) is 118 Å². The average Bonchev–Trinajstić information content (AvgIpc) is 2.68. The highest BCUT2D eigenvalue weighted by atomic mass is 16.6. The van der Waals surface area contributed by atoms with Gasteiger partial charge in [0.15, 0.2) is 23.8 Å². The third-order valence-corrected chi connectivity index (χ3v) is 14.3. The van der Waals surface area contributed by atoms with Crippen molar-refractivity contribution in [1.29, 1.82) is 0 Å². The molecule has 4 bridgehead atoms. The van der Waals surface area contributed by atoms with Gasteiger partial charge >= 0.3 is 12.2 Å². The SMILES string of the molecule is CO[C@H]1CC(C)=Cc2c(O)c(cc(O)c2NCCN(C)CC=Nc2c(O)cc3c(O)c2C[C@@H](C)C[C@H](OC)C(=O)[C@@H](C)C=C(C)[C@H](OC(N)=O)[C@@H](OC)C=CC=C(C)C(=O)N3)NC(=O)C(C)=CC=C[C@H](OC)[C@@H](OC(N)=O)C(C)=C[C@H](C)C1=O. The van der Waals surface area contributed by atoms with E-state index in [9.17, 15) is 49.2 Å². The molecule has 23 nitrogen and oxygen atoms in total. The number of rotatable bonds is 13. The Bertz CT molecular complexity index is 2990. The maximum absolute atomic E-state index is 13.9. The summed E-state index contributed by atoms with van der Waals surface area (Å²) in [5.74, 6) is -5.10. The first-order valence-corrected chi connectivity index (χ1v) is 27.2. The van der Waals surface area contributed by atoms with Crippen LogP contribution in [0.15, 0.2) is 93.6 Å². The van der Waals surface area contributed by atoms with Gasteiger partial charge in [0.1, 0.15) is 53.1 Å². The van der Waals surface area contributed by atoms with E-state index in [0.29, 0.717) is 23.3 Å². The van der Waals surface area contributed by atoms with Crippen molar-refractivity contribution in [3.8, 4) is 23.0 Å². The summed E-state index contributed by atoms with van der Waals surface area (Å²) < 4.78 is 33.4. The summed E-state index contributed by atoms with van der Waals surface area (Å²) >= 11 is 0. The number of anilines is 3. The van der Waals surface area contributed by atoms with Gasteiger partial charge in [0.25, 0.3) is 11.8 Å². The standard InChI is InChI=1S/C61H83N7O16/c1-32-24-40-50(44(69)30-42(54(40)73)66-58(75)34(3)16-14-18-46(79-10)56(83-60(62)77)38(7)28-36(5)52(71)48(26-32)81-12)64-20-22-68(9)23-21-65-51-41-25-33(2)27-49(82-13)53(72)37(6)29-39(8)57(84-61(63)78)47(80-11)19-15-17-35(4)59(76)67-43(55(41)74)31-45(51)70/h14-20,25,28-32,36-37,46-49,56-57,65,69-70,73-74H,21-24,26-27H2,1-13H3,(H2,62,77)(H2,63,78)(H,66,75)(H,67,76)/t32-,36+,37+,46+,47+,48+,49+,56+,57+/m1/s1.